The summed E-state index contributed by atoms with van der Waals surface area (Å²) in [6, 6.07) is 14.7. The molecule has 1 atom stereocenters. The molecule has 3 aromatic rings. The predicted molar refractivity (Wildman–Crippen MR) is 95.0 cm³/mol. The van der Waals surface area contributed by atoms with Crippen LogP contribution in [-0.4, -0.2) is 9.55 Å². The molecule has 0 N–H and O–H groups in total. The van der Waals surface area contributed by atoms with Crippen molar-refractivity contribution in [3.63, 3.8) is 0 Å². The minimum atomic E-state index is -0.433. The van der Waals surface area contributed by atoms with E-state index < -0.39 is 5.60 Å². The fraction of sp³-hybridized carbons (Fsp3) is 0.250. The first-order valence-electron chi connectivity index (χ1n) is 8.13. The average Bonchev–Trinajstić information content (AvgIpc) is 3.22. The van der Waals surface area contributed by atoms with Crippen molar-refractivity contribution in [2.75, 3.05) is 0 Å². The number of fused-ring (bicyclic) bond motifs is 1. The minimum Gasteiger partial charge on any atom is -0.361 e. The van der Waals surface area contributed by atoms with Gasteiger partial charge in [0.25, 0.3) is 0 Å². The lowest BCUT2D eigenvalue weighted by Gasteiger charge is -2.31. The Morgan fingerprint density at radius 2 is 2.04 bits per heavy atom. The van der Waals surface area contributed by atoms with E-state index in [0.29, 0.717) is 6.61 Å². The highest BCUT2D eigenvalue weighted by atomic mass is 35.5. The van der Waals surface area contributed by atoms with E-state index in [4.69, 9.17) is 16.3 Å². The number of benzene rings is 2. The maximum absolute atomic E-state index is 6.40. The third-order valence-corrected chi connectivity index (χ3v) is 5.01. The van der Waals surface area contributed by atoms with E-state index in [1.54, 1.807) is 0 Å². The Labute approximate surface area is 146 Å². The summed E-state index contributed by atoms with van der Waals surface area (Å²) in [4.78, 5) is 4.14. The number of nitrogens with zero attached hydrogens (tertiary/aromatic N) is 2. The van der Waals surface area contributed by atoms with E-state index in [1.807, 2.05) is 30.9 Å². The minimum absolute atomic E-state index is 0.433. The molecule has 0 spiro atoms. The van der Waals surface area contributed by atoms with Crippen LogP contribution in [0, 0.1) is 6.92 Å². The van der Waals surface area contributed by atoms with Crippen molar-refractivity contribution in [1.82, 2.24) is 9.55 Å². The molecule has 122 valence electrons. The molecule has 0 radical (unpaired) electrons. The summed E-state index contributed by atoms with van der Waals surface area (Å²) in [5.41, 5.74) is 4.40. The van der Waals surface area contributed by atoms with E-state index >= 15 is 0 Å². The highest BCUT2D eigenvalue weighted by Crippen LogP contribution is 2.45. The molecule has 0 aliphatic carbocycles. The van der Waals surface area contributed by atoms with Crippen LogP contribution in [-0.2, 0) is 23.5 Å². The summed E-state index contributed by atoms with van der Waals surface area (Å²) in [7, 11) is 0. The van der Waals surface area contributed by atoms with Gasteiger partial charge >= 0.3 is 0 Å². The zero-order valence-corrected chi connectivity index (χ0v) is 14.3. The van der Waals surface area contributed by atoms with Crippen LogP contribution in [0.5, 0.6) is 0 Å². The van der Waals surface area contributed by atoms with Crippen molar-refractivity contribution in [3.05, 3.63) is 88.5 Å². The average molecular weight is 339 g/mol. The molecule has 4 rings (SSSR count). The van der Waals surface area contributed by atoms with Gasteiger partial charge in [0.15, 0.2) is 0 Å². The van der Waals surface area contributed by atoms with Crippen LogP contribution < -0.4 is 0 Å². The van der Waals surface area contributed by atoms with Crippen molar-refractivity contribution >= 4 is 11.6 Å². The second-order valence-corrected chi connectivity index (χ2v) is 6.77. The molecular weight excluding hydrogens is 320 g/mol. The molecule has 0 fully saturated rings. The predicted octanol–water partition coefficient (Wildman–Crippen LogP) is 4.71. The van der Waals surface area contributed by atoms with Gasteiger partial charge in [-0.1, -0.05) is 47.5 Å². The molecule has 0 saturated heterocycles. The van der Waals surface area contributed by atoms with Gasteiger partial charge in [-0.25, -0.2) is 4.98 Å². The summed E-state index contributed by atoms with van der Waals surface area (Å²) in [5.74, 6) is 0. The highest BCUT2D eigenvalue weighted by Gasteiger charge is 2.41. The number of imidazole rings is 1. The molecule has 1 unspecified atom stereocenters. The van der Waals surface area contributed by atoms with Gasteiger partial charge < -0.3 is 9.30 Å². The lowest BCUT2D eigenvalue weighted by Crippen LogP contribution is -2.28. The fourth-order valence-corrected chi connectivity index (χ4v) is 3.67. The van der Waals surface area contributed by atoms with Gasteiger partial charge in [0, 0.05) is 30.4 Å². The van der Waals surface area contributed by atoms with E-state index in [2.05, 4.69) is 46.8 Å². The molecule has 2 aromatic carbocycles. The lowest BCUT2D eigenvalue weighted by molar-refractivity contribution is -0.0145. The van der Waals surface area contributed by atoms with Crippen LogP contribution in [0.1, 0.15) is 28.7 Å². The summed E-state index contributed by atoms with van der Waals surface area (Å²) >= 11 is 6.17. The Bertz CT molecular complexity index is 843. The maximum Gasteiger partial charge on any atom is 0.121 e. The van der Waals surface area contributed by atoms with Gasteiger partial charge in [-0.2, -0.15) is 0 Å². The molecule has 0 bridgehead atoms. The van der Waals surface area contributed by atoms with Crippen molar-refractivity contribution in [3.8, 4) is 0 Å². The molecule has 1 aliphatic rings. The smallest absolute Gasteiger partial charge is 0.121 e. The van der Waals surface area contributed by atoms with Crippen LogP contribution in [0.25, 0.3) is 0 Å². The maximum atomic E-state index is 6.40. The summed E-state index contributed by atoms with van der Waals surface area (Å²) in [5, 5.41) is 0.756. The number of ether oxygens (including phenoxy) is 1. The SMILES string of the molecule is Cc1ccc(C2(CCn3ccnc3)OCc3cc(Cl)ccc32)cc1. The normalized spacial score (nSPS) is 19.4. The van der Waals surface area contributed by atoms with E-state index in [-0.39, 0.29) is 0 Å². The second-order valence-electron chi connectivity index (χ2n) is 6.33. The van der Waals surface area contributed by atoms with E-state index in [0.717, 1.165) is 18.0 Å². The molecule has 4 heteroatoms. The molecule has 1 aromatic heterocycles. The fourth-order valence-electron chi connectivity index (χ4n) is 3.47. The molecule has 24 heavy (non-hydrogen) atoms. The van der Waals surface area contributed by atoms with Crippen LogP contribution >= 0.6 is 11.6 Å². The third kappa shape index (κ3) is 2.64. The number of hydrogen-bond donors (Lipinski definition) is 0. The van der Waals surface area contributed by atoms with Gasteiger partial charge in [-0.3, -0.25) is 0 Å². The zero-order valence-electron chi connectivity index (χ0n) is 13.6. The van der Waals surface area contributed by atoms with Gasteiger partial charge in [0.05, 0.1) is 12.9 Å². The van der Waals surface area contributed by atoms with Gasteiger partial charge in [-0.15, -0.1) is 0 Å². The van der Waals surface area contributed by atoms with E-state index in [1.165, 1.54) is 22.3 Å². The van der Waals surface area contributed by atoms with Crippen molar-refractivity contribution in [1.29, 1.82) is 0 Å². The largest absolute Gasteiger partial charge is 0.361 e. The second kappa shape index (κ2) is 6.08. The number of rotatable bonds is 4. The summed E-state index contributed by atoms with van der Waals surface area (Å²) < 4.78 is 8.49. The molecule has 0 saturated carbocycles. The molecule has 1 aliphatic heterocycles. The number of aromatic nitrogens is 2. The van der Waals surface area contributed by atoms with Gasteiger partial charge in [0.2, 0.25) is 0 Å². The Morgan fingerprint density at radius 3 is 2.79 bits per heavy atom. The first kappa shape index (κ1) is 15.4. The third-order valence-electron chi connectivity index (χ3n) is 4.78. The van der Waals surface area contributed by atoms with Gasteiger partial charge in [-0.05, 0) is 35.7 Å². The summed E-state index contributed by atoms with van der Waals surface area (Å²) in [6.45, 7) is 3.54. The van der Waals surface area contributed by atoms with Crippen LogP contribution in [0.15, 0.2) is 61.2 Å². The number of halogens is 1. The molecule has 2 heterocycles. The first-order chi connectivity index (χ1) is 11.7. The Kier molecular flexibility index (Phi) is 3.91. The van der Waals surface area contributed by atoms with Crippen LogP contribution in [0.3, 0.4) is 0 Å². The van der Waals surface area contributed by atoms with Gasteiger partial charge in [0.1, 0.15) is 5.60 Å². The van der Waals surface area contributed by atoms with Crippen molar-refractivity contribution < 1.29 is 4.74 Å². The first-order valence-corrected chi connectivity index (χ1v) is 8.51. The van der Waals surface area contributed by atoms with E-state index in [9.17, 15) is 0 Å². The Balaban J connectivity index is 1.77. The summed E-state index contributed by atoms with van der Waals surface area (Å²) in [6.07, 6.45) is 6.49. The number of hydrogen-bond acceptors (Lipinski definition) is 2. The lowest BCUT2D eigenvalue weighted by atomic mass is 9.82. The monoisotopic (exact) mass is 338 g/mol. The zero-order chi connectivity index (χ0) is 16.6. The quantitative estimate of drug-likeness (QED) is 0.689. The molecule has 0 amide bonds. The molecular formula is C20H19ClN2O. The molecule has 3 nitrogen and oxygen atoms in total. The number of aryl methyl sites for hydroxylation is 2. The topological polar surface area (TPSA) is 27.1 Å². The Hall–Kier alpha value is -2.10. The van der Waals surface area contributed by atoms with Crippen LogP contribution in [0.4, 0.5) is 0 Å². The standard InChI is InChI=1S/C20H19ClN2O/c1-15-2-4-17(5-3-15)20(8-10-23-11-9-22-14-23)19-7-6-18(21)12-16(19)13-24-20/h2-7,9,11-12,14H,8,10,13H2,1H3. The Morgan fingerprint density at radius 1 is 1.21 bits per heavy atom. The highest BCUT2D eigenvalue weighted by molar-refractivity contribution is 6.30. The van der Waals surface area contributed by atoms with Crippen molar-refractivity contribution in [2.24, 2.45) is 0 Å². The van der Waals surface area contributed by atoms with Crippen molar-refractivity contribution in [2.45, 2.75) is 32.1 Å². The van der Waals surface area contributed by atoms with Crippen LogP contribution in [0.2, 0.25) is 5.02 Å².